The van der Waals surface area contributed by atoms with Crippen molar-refractivity contribution in [3.05, 3.63) is 48.5 Å². The van der Waals surface area contributed by atoms with Crippen LogP contribution in [-0.4, -0.2) is 40.1 Å². The van der Waals surface area contributed by atoms with Gasteiger partial charge in [0.2, 0.25) is 5.91 Å². The molecule has 0 spiro atoms. The summed E-state index contributed by atoms with van der Waals surface area (Å²) in [5.41, 5.74) is 1.60. The number of nitrogens with one attached hydrogen (secondary N) is 1. The van der Waals surface area contributed by atoms with Crippen LogP contribution in [0.25, 0.3) is 11.4 Å². The molecule has 7 nitrogen and oxygen atoms in total. The van der Waals surface area contributed by atoms with E-state index in [-0.39, 0.29) is 11.7 Å². The molecule has 0 aliphatic carbocycles. The predicted molar refractivity (Wildman–Crippen MR) is 115 cm³/mol. The van der Waals surface area contributed by atoms with E-state index in [1.54, 1.807) is 19.2 Å². The van der Waals surface area contributed by atoms with Crippen molar-refractivity contribution in [1.82, 2.24) is 14.8 Å². The number of para-hydroxylation sites is 2. The van der Waals surface area contributed by atoms with Crippen LogP contribution in [0.3, 0.4) is 0 Å². The van der Waals surface area contributed by atoms with Crippen LogP contribution in [0.1, 0.15) is 13.8 Å². The number of ether oxygens (including phenoxy) is 2. The topological polar surface area (TPSA) is 78.3 Å². The molecule has 0 bridgehead atoms. The highest BCUT2D eigenvalue weighted by atomic mass is 32.2. The van der Waals surface area contributed by atoms with Crippen molar-refractivity contribution in [2.24, 2.45) is 0 Å². The van der Waals surface area contributed by atoms with Gasteiger partial charge in [0.1, 0.15) is 11.5 Å². The van der Waals surface area contributed by atoms with Crippen LogP contribution < -0.4 is 14.8 Å². The van der Waals surface area contributed by atoms with Crippen LogP contribution >= 0.6 is 11.8 Å². The van der Waals surface area contributed by atoms with Gasteiger partial charge in [-0.3, -0.25) is 4.79 Å². The summed E-state index contributed by atoms with van der Waals surface area (Å²) in [6.45, 7) is 5.31. The Morgan fingerprint density at radius 3 is 2.55 bits per heavy atom. The zero-order chi connectivity index (χ0) is 20.6. The second-order valence-corrected chi connectivity index (χ2v) is 6.99. The molecule has 29 heavy (non-hydrogen) atoms. The average molecular weight is 413 g/mol. The largest absolute Gasteiger partial charge is 0.495 e. The number of thioether (sulfide) groups is 1. The third kappa shape index (κ3) is 5.08. The fraction of sp³-hybridized carbons (Fsp3) is 0.286. The minimum atomic E-state index is -0.132. The minimum absolute atomic E-state index is 0.132. The molecule has 8 heteroatoms. The number of anilines is 1. The van der Waals surface area contributed by atoms with Gasteiger partial charge in [0.05, 0.1) is 25.2 Å². The Balaban J connectivity index is 1.68. The molecule has 0 atom stereocenters. The summed E-state index contributed by atoms with van der Waals surface area (Å²) in [6, 6.07) is 15.1. The lowest BCUT2D eigenvalue weighted by Crippen LogP contribution is -2.15. The van der Waals surface area contributed by atoms with Gasteiger partial charge in [0.15, 0.2) is 11.0 Å². The zero-order valence-electron chi connectivity index (χ0n) is 16.7. The van der Waals surface area contributed by atoms with Crippen LogP contribution in [0.2, 0.25) is 0 Å². The Hall–Kier alpha value is -3.00. The fourth-order valence-corrected chi connectivity index (χ4v) is 3.63. The van der Waals surface area contributed by atoms with E-state index < -0.39 is 0 Å². The number of benzene rings is 2. The first-order valence-electron chi connectivity index (χ1n) is 9.38. The molecule has 2 aromatic carbocycles. The lowest BCUT2D eigenvalue weighted by atomic mass is 10.2. The number of amides is 1. The van der Waals surface area contributed by atoms with E-state index in [0.717, 1.165) is 17.1 Å². The third-order valence-corrected chi connectivity index (χ3v) is 5.14. The van der Waals surface area contributed by atoms with Crippen molar-refractivity contribution in [3.8, 4) is 22.9 Å². The highest BCUT2D eigenvalue weighted by Gasteiger charge is 2.15. The van der Waals surface area contributed by atoms with E-state index in [1.165, 1.54) is 11.8 Å². The number of aromatic nitrogens is 3. The number of carbonyl (C=O) groups is 1. The number of methoxy groups -OCH3 is 1. The van der Waals surface area contributed by atoms with E-state index in [1.807, 2.05) is 54.8 Å². The maximum Gasteiger partial charge on any atom is 0.234 e. The molecule has 0 fully saturated rings. The van der Waals surface area contributed by atoms with Gasteiger partial charge < -0.3 is 19.4 Å². The summed E-state index contributed by atoms with van der Waals surface area (Å²) >= 11 is 1.35. The van der Waals surface area contributed by atoms with Crippen molar-refractivity contribution in [2.75, 3.05) is 24.8 Å². The molecular formula is C21H24N4O3S. The monoisotopic (exact) mass is 412 g/mol. The second kappa shape index (κ2) is 9.97. The third-order valence-electron chi connectivity index (χ3n) is 4.17. The van der Waals surface area contributed by atoms with Crippen molar-refractivity contribution >= 4 is 23.4 Å². The van der Waals surface area contributed by atoms with Crippen LogP contribution in [0.15, 0.2) is 53.7 Å². The first kappa shape index (κ1) is 20.7. The molecular weight excluding hydrogens is 388 g/mol. The van der Waals surface area contributed by atoms with Crippen LogP contribution in [0.5, 0.6) is 11.5 Å². The smallest absolute Gasteiger partial charge is 0.234 e. The van der Waals surface area contributed by atoms with Gasteiger partial charge in [-0.25, -0.2) is 0 Å². The summed E-state index contributed by atoms with van der Waals surface area (Å²) in [4.78, 5) is 12.4. The molecule has 0 aliphatic rings. The Morgan fingerprint density at radius 2 is 1.86 bits per heavy atom. The molecule has 1 amide bonds. The molecule has 0 radical (unpaired) electrons. The molecule has 3 rings (SSSR count). The quantitative estimate of drug-likeness (QED) is 0.533. The van der Waals surface area contributed by atoms with Crippen LogP contribution in [-0.2, 0) is 11.3 Å². The van der Waals surface area contributed by atoms with Crippen molar-refractivity contribution in [3.63, 3.8) is 0 Å². The Bertz CT molecular complexity index is 957. The maximum absolute atomic E-state index is 12.4. The highest BCUT2D eigenvalue weighted by Crippen LogP contribution is 2.27. The molecule has 3 aromatic rings. The number of carbonyl (C=O) groups excluding carboxylic acids is 1. The van der Waals surface area contributed by atoms with E-state index in [2.05, 4.69) is 15.5 Å². The van der Waals surface area contributed by atoms with E-state index in [0.29, 0.717) is 29.7 Å². The molecule has 1 N–H and O–H groups in total. The molecule has 0 unspecified atom stereocenters. The SMILES string of the molecule is CCOc1ccc(-c2nnc(SCC(=O)Nc3ccccc3OC)n2CC)cc1. The summed E-state index contributed by atoms with van der Waals surface area (Å²) in [6.07, 6.45) is 0. The Labute approximate surface area is 174 Å². The standard InChI is InChI=1S/C21H24N4O3S/c1-4-25-20(15-10-12-16(13-11-15)28-5-2)23-24-21(25)29-14-19(26)22-17-8-6-7-9-18(17)27-3/h6-13H,4-5,14H2,1-3H3,(H,22,26). The van der Waals surface area contributed by atoms with Gasteiger partial charge in [-0.2, -0.15) is 0 Å². The molecule has 1 aromatic heterocycles. The van der Waals surface area contributed by atoms with Crippen molar-refractivity contribution in [1.29, 1.82) is 0 Å². The summed E-state index contributed by atoms with van der Waals surface area (Å²) in [7, 11) is 1.58. The normalized spacial score (nSPS) is 10.6. The van der Waals surface area contributed by atoms with E-state index in [9.17, 15) is 4.79 Å². The van der Waals surface area contributed by atoms with Gasteiger partial charge in [-0.15, -0.1) is 10.2 Å². The molecule has 0 aliphatic heterocycles. The first-order chi connectivity index (χ1) is 14.2. The van der Waals surface area contributed by atoms with Crippen molar-refractivity contribution in [2.45, 2.75) is 25.5 Å². The van der Waals surface area contributed by atoms with Crippen LogP contribution in [0, 0.1) is 0 Å². The van der Waals surface area contributed by atoms with Gasteiger partial charge in [0.25, 0.3) is 0 Å². The second-order valence-electron chi connectivity index (χ2n) is 6.04. The molecule has 0 saturated carbocycles. The summed E-state index contributed by atoms with van der Waals surface area (Å²) in [5, 5.41) is 12.2. The van der Waals surface area contributed by atoms with Crippen molar-refractivity contribution < 1.29 is 14.3 Å². The number of hydrogen-bond donors (Lipinski definition) is 1. The van der Waals surface area contributed by atoms with Gasteiger partial charge >= 0.3 is 0 Å². The number of rotatable bonds is 9. The lowest BCUT2D eigenvalue weighted by molar-refractivity contribution is -0.113. The van der Waals surface area contributed by atoms with Gasteiger partial charge in [-0.05, 0) is 50.2 Å². The Kier molecular flexibility index (Phi) is 7.13. The first-order valence-corrected chi connectivity index (χ1v) is 10.4. The van der Waals surface area contributed by atoms with E-state index >= 15 is 0 Å². The lowest BCUT2D eigenvalue weighted by Gasteiger charge is -2.10. The molecule has 152 valence electrons. The zero-order valence-corrected chi connectivity index (χ0v) is 17.5. The highest BCUT2D eigenvalue weighted by molar-refractivity contribution is 7.99. The predicted octanol–water partition coefficient (Wildman–Crippen LogP) is 4.10. The fourth-order valence-electron chi connectivity index (χ4n) is 2.83. The van der Waals surface area contributed by atoms with Crippen LogP contribution in [0.4, 0.5) is 5.69 Å². The maximum atomic E-state index is 12.4. The van der Waals surface area contributed by atoms with E-state index in [4.69, 9.17) is 9.47 Å². The van der Waals surface area contributed by atoms with Gasteiger partial charge in [0, 0.05) is 12.1 Å². The van der Waals surface area contributed by atoms with Gasteiger partial charge in [-0.1, -0.05) is 23.9 Å². The average Bonchev–Trinajstić information content (AvgIpc) is 3.16. The molecule has 1 heterocycles. The Morgan fingerprint density at radius 1 is 1.10 bits per heavy atom. The molecule has 0 saturated heterocycles. The summed E-state index contributed by atoms with van der Waals surface area (Å²) < 4.78 is 12.7. The number of nitrogens with zero attached hydrogens (tertiary/aromatic N) is 3. The summed E-state index contributed by atoms with van der Waals surface area (Å²) in [5.74, 6) is 2.30. The number of hydrogen-bond acceptors (Lipinski definition) is 6. The minimum Gasteiger partial charge on any atom is -0.495 e.